The fraction of sp³-hybridized carbons (Fsp3) is 0.917. The summed E-state index contributed by atoms with van der Waals surface area (Å²) in [7, 11) is 0. The fourth-order valence-corrected chi connectivity index (χ4v) is 1.32. The van der Waals surface area contributed by atoms with E-state index in [4.69, 9.17) is 5.73 Å². The molecule has 0 saturated heterocycles. The summed E-state index contributed by atoms with van der Waals surface area (Å²) in [5, 5.41) is 3.15. The van der Waals surface area contributed by atoms with Gasteiger partial charge in [-0.25, -0.2) is 0 Å². The highest BCUT2D eigenvalue weighted by Gasteiger charge is 2.01. The quantitative estimate of drug-likeness (QED) is 0.425. The number of rotatable bonds is 7. The molecule has 0 aliphatic rings. The second-order valence-electron chi connectivity index (χ2n) is 4.52. The maximum Gasteiger partial charge on any atom is 0.188 e. The van der Waals surface area contributed by atoms with E-state index in [1.165, 1.54) is 12.8 Å². The second kappa shape index (κ2) is 11.5. The van der Waals surface area contributed by atoms with Gasteiger partial charge in [-0.05, 0) is 18.3 Å². The van der Waals surface area contributed by atoms with Crippen molar-refractivity contribution >= 4 is 29.9 Å². The first-order valence-corrected chi connectivity index (χ1v) is 6.13. The van der Waals surface area contributed by atoms with Crippen LogP contribution in [0, 0.1) is 11.8 Å². The Balaban J connectivity index is 0. The van der Waals surface area contributed by atoms with Crippen molar-refractivity contribution in [2.24, 2.45) is 22.6 Å². The Morgan fingerprint density at radius 1 is 1.25 bits per heavy atom. The molecule has 0 radical (unpaired) electrons. The van der Waals surface area contributed by atoms with Gasteiger partial charge in [0.05, 0.1) is 0 Å². The van der Waals surface area contributed by atoms with Gasteiger partial charge in [0, 0.05) is 13.1 Å². The summed E-state index contributed by atoms with van der Waals surface area (Å²) >= 11 is 0. The van der Waals surface area contributed by atoms with E-state index in [1.807, 2.05) is 0 Å². The molecule has 0 spiro atoms. The molecule has 0 fully saturated rings. The predicted molar refractivity (Wildman–Crippen MR) is 83.4 cm³/mol. The van der Waals surface area contributed by atoms with Crippen LogP contribution in [0.15, 0.2) is 4.99 Å². The molecule has 0 heterocycles. The Morgan fingerprint density at radius 3 is 2.25 bits per heavy atom. The third kappa shape index (κ3) is 10.5. The summed E-state index contributed by atoms with van der Waals surface area (Å²) < 4.78 is 0. The second-order valence-corrected chi connectivity index (χ2v) is 4.52. The van der Waals surface area contributed by atoms with Crippen molar-refractivity contribution in [2.75, 3.05) is 13.1 Å². The number of nitrogens with two attached hydrogens (primary N) is 1. The molecule has 0 bridgehead atoms. The molecule has 0 atom stereocenters. The van der Waals surface area contributed by atoms with Crippen LogP contribution in [-0.4, -0.2) is 19.0 Å². The normalized spacial score (nSPS) is 11.8. The Labute approximate surface area is 118 Å². The van der Waals surface area contributed by atoms with Crippen LogP contribution in [0.3, 0.4) is 0 Å². The molecule has 0 aliphatic heterocycles. The van der Waals surface area contributed by atoms with Crippen molar-refractivity contribution in [3.63, 3.8) is 0 Å². The number of aliphatic imine (C=N–C) groups is 1. The molecule has 4 heteroatoms. The third-order valence-electron chi connectivity index (χ3n) is 2.70. The Bertz CT molecular complexity index is 177. The minimum atomic E-state index is 0. The van der Waals surface area contributed by atoms with E-state index in [1.54, 1.807) is 0 Å². The van der Waals surface area contributed by atoms with E-state index in [0.29, 0.717) is 17.8 Å². The predicted octanol–water partition coefficient (Wildman–Crippen LogP) is 2.99. The van der Waals surface area contributed by atoms with Gasteiger partial charge in [-0.1, -0.05) is 40.5 Å². The van der Waals surface area contributed by atoms with Gasteiger partial charge in [0.25, 0.3) is 0 Å². The van der Waals surface area contributed by atoms with Crippen LogP contribution in [0.4, 0.5) is 0 Å². The van der Waals surface area contributed by atoms with Crippen molar-refractivity contribution < 1.29 is 0 Å². The molecule has 0 unspecified atom stereocenters. The van der Waals surface area contributed by atoms with Crippen LogP contribution in [-0.2, 0) is 0 Å². The first-order valence-electron chi connectivity index (χ1n) is 6.13. The summed E-state index contributed by atoms with van der Waals surface area (Å²) in [6.45, 7) is 10.6. The highest BCUT2D eigenvalue weighted by Crippen LogP contribution is 2.06. The van der Waals surface area contributed by atoms with Crippen molar-refractivity contribution in [1.82, 2.24) is 5.32 Å². The zero-order valence-electron chi connectivity index (χ0n) is 11.1. The van der Waals surface area contributed by atoms with E-state index in [9.17, 15) is 0 Å². The Hall–Kier alpha value is 0. The van der Waals surface area contributed by atoms with Gasteiger partial charge in [-0.3, -0.25) is 4.99 Å². The van der Waals surface area contributed by atoms with Crippen molar-refractivity contribution in [3.05, 3.63) is 0 Å². The van der Waals surface area contributed by atoms with Gasteiger partial charge >= 0.3 is 0 Å². The summed E-state index contributed by atoms with van der Waals surface area (Å²) in [5.41, 5.74) is 5.76. The molecule has 0 aromatic heterocycles. The molecule has 0 saturated carbocycles. The van der Waals surface area contributed by atoms with E-state index in [2.05, 4.69) is 38.0 Å². The van der Waals surface area contributed by atoms with Crippen LogP contribution in [0.5, 0.6) is 0 Å². The molecule has 0 aliphatic carbocycles. The van der Waals surface area contributed by atoms with Gasteiger partial charge in [-0.2, -0.15) is 0 Å². The number of halogens is 1. The first kappa shape index (κ1) is 18.4. The van der Waals surface area contributed by atoms with Crippen molar-refractivity contribution in [2.45, 2.75) is 47.0 Å². The van der Waals surface area contributed by atoms with Crippen molar-refractivity contribution in [1.29, 1.82) is 0 Å². The summed E-state index contributed by atoms with van der Waals surface area (Å²) in [6.07, 6.45) is 3.50. The zero-order chi connectivity index (χ0) is 11.7. The molecular formula is C12H28IN3. The van der Waals surface area contributed by atoms with Crippen LogP contribution >= 0.6 is 24.0 Å². The van der Waals surface area contributed by atoms with Gasteiger partial charge < -0.3 is 11.1 Å². The zero-order valence-corrected chi connectivity index (χ0v) is 13.5. The van der Waals surface area contributed by atoms with Crippen molar-refractivity contribution in [3.8, 4) is 0 Å². The molecule has 3 nitrogen and oxygen atoms in total. The SMILES string of the molecule is CCC(CC)CN=C(N)NCCC(C)C.I. The molecule has 98 valence electrons. The monoisotopic (exact) mass is 341 g/mol. The number of guanidine groups is 1. The minimum Gasteiger partial charge on any atom is -0.370 e. The minimum absolute atomic E-state index is 0. The lowest BCUT2D eigenvalue weighted by molar-refractivity contribution is 0.504. The lowest BCUT2D eigenvalue weighted by Gasteiger charge is -2.10. The molecule has 0 rings (SSSR count). The smallest absolute Gasteiger partial charge is 0.188 e. The van der Waals surface area contributed by atoms with E-state index in [-0.39, 0.29) is 24.0 Å². The summed E-state index contributed by atoms with van der Waals surface area (Å²) in [4.78, 5) is 4.35. The van der Waals surface area contributed by atoms with E-state index < -0.39 is 0 Å². The van der Waals surface area contributed by atoms with Gasteiger partial charge in [0.2, 0.25) is 0 Å². The lowest BCUT2D eigenvalue weighted by atomic mass is 10.0. The summed E-state index contributed by atoms with van der Waals surface area (Å²) in [6, 6.07) is 0. The topological polar surface area (TPSA) is 50.4 Å². The van der Waals surface area contributed by atoms with Crippen LogP contribution < -0.4 is 11.1 Å². The molecule has 0 aromatic carbocycles. The Kier molecular flexibility index (Phi) is 13.2. The van der Waals surface area contributed by atoms with E-state index >= 15 is 0 Å². The maximum atomic E-state index is 5.76. The molecule has 0 amide bonds. The lowest BCUT2D eigenvalue weighted by Crippen LogP contribution is -2.33. The van der Waals surface area contributed by atoms with Crippen LogP contribution in [0.25, 0.3) is 0 Å². The highest BCUT2D eigenvalue weighted by molar-refractivity contribution is 14.0. The number of hydrogen-bond acceptors (Lipinski definition) is 1. The molecule has 3 N–H and O–H groups in total. The fourth-order valence-electron chi connectivity index (χ4n) is 1.32. The number of nitrogens with zero attached hydrogens (tertiary/aromatic N) is 1. The standard InChI is InChI=1S/C12H27N3.HI/c1-5-11(6-2)9-15-12(13)14-8-7-10(3)4;/h10-11H,5-9H2,1-4H3,(H3,13,14,15);1H. The molecule has 16 heavy (non-hydrogen) atoms. The summed E-state index contributed by atoms with van der Waals surface area (Å²) in [5.74, 6) is 1.99. The van der Waals surface area contributed by atoms with Gasteiger partial charge in [0.1, 0.15) is 0 Å². The third-order valence-corrected chi connectivity index (χ3v) is 2.70. The maximum absolute atomic E-state index is 5.76. The largest absolute Gasteiger partial charge is 0.370 e. The van der Waals surface area contributed by atoms with Gasteiger partial charge in [0.15, 0.2) is 5.96 Å². The molecule has 0 aromatic rings. The Morgan fingerprint density at radius 2 is 1.81 bits per heavy atom. The van der Waals surface area contributed by atoms with E-state index in [0.717, 1.165) is 19.5 Å². The first-order chi connectivity index (χ1) is 7.10. The van der Waals surface area contributed by atoms with Crippen LogP contribution in [0.1, 0.15) is 47.0 Å². The average molecular weight is 341 g/mol. The number of hydrogen-bond donors (Lipinski definition) is 2. The average Bonchev–Trinajstić information content (AvgIpc) is 2.18. The number of nitrogens with one attached hydrogen (secondary N) is 1. The van der Waals surface area contributed by atoms with Gasteiger partial charge in [-0.15, -0.1) is 24.0 Å². The highest BCUT2D eigenvalue weighted by atomic mass is 127. The van der Waals surface area contributed by atoms with Crippen LogP contribution in [0.2, 0.25) is 0 Å². The molecular weight excluding hydrogens is 313 g/mol.